The molecule has 1 saturated heterocycles. The van der Waals surface area contributed by atoms with Gasteiger partial charge in [-0.25, -0.2) is 9.69 Å². The Morgan fingerprint density at radius 1 is 1.27 bits per heavy atom. The van der Waals surface area contributed by atoms with Gasteiger partial charge in [0.1, 0.15) is 12.4 Å². The fourth-order valence-corrected chi connectivity index (χ4v) is 4.13. The standard InChI is InChI=1S/C23H32INO5/c1-15(13-24)10-11-19(26)23(3,4)20(27)16(2)21(28)25-18(14-30-22(25)29)12-17-8-6-5-7-9-17/h5-9,15-16,18,20,27H,10-14H2,1-4H3/t15-,16+,18+,20+/m1/s1. The van der Waals surface area contributed by atoms with Gasteiger partial charge in [-0.05, 0) is 24.3 Å². The number of aliphatic hydroxyl groups is 1. The molecule has 2 amide bonds. The van der Waals surface area contributed by atoms with Crippen molar-refractivity contribution in [3.63, 3.8) is 0 Å². The van der Waals surface area contributed by atoms with E-state index in [0.29, 0.717) is 18.8 Å². The van der Waals surface area contributed by atoms with E-state index in [1.54, 1.807) is 20.8 Å². The molecule has 1 aromatic carbocycles. The SMILES string of the molecule is C[C@@H](CI)CCC(=O)C(C)(C)[C@@H](O)[C@H](C)C(=O)N1C(=O)OC[C@@H]1Cc1ccccc1. The Labute approximate surface area is 192 Å². The van der Waals surface area contributed by atoms with E-state index in [9.17, 15) is 19.5 Å². The first kappa shape index (κ1) is 24.8. The molecule has 2 rings (SSSR count). The Hall–Kier alpha value is -1.48. The molecule has 0 saturated carbocycles. The molecule has 0 bridgehead atoms. The predicted molar refractivity (Wildman–Crippen MR) is 123 cm³/mol. The maximum atomic E-state index is 13.1. The maximum absolute atomic E-state index is 13.1. The summed E-state index contributed by atoms with van der Waals surface area (Å²) in [6.45, 7) is 7.12. The third-order valence-corrected chi connectivity index (χ3v) is 7.47. The molecule has 0 radical (unpaired) electrons. The number of carbonyl (C=O) groups excluding carboxylic acids is 3. The molecule has 1 aliphatic heterocycles. The van der Waals surface area contributed by atoms with Gasteiger partial charge in [-0.15, -0.1) is 0 Å². The molecule has 1 heterocycles. The lowest BCUT2D eigenvalue weighted by molar-refractivity contribution is -0.145. The van der Waals surface area contributed by atoms with Crippen molar-refractivity contribution in [1.82, 2.24) is 4.90 Å². The molecule has 0 spiro atoms. The summed E-state index contributed by atoms with van der Waals surface area (Å²) in [5.41, 5.74) is -0.0924. The first-order valence-electron chi connectivity index (χ1n) is 10.4. The van der Waals surface area contributed by atoms with Crippen LogP contribution in [0.4, 0.5) is 4.79 Å². The van der Waals surface area contributed by atoms with Crippen LogP contribution in [0, 0.1) is 17.3 Å². The highest BCUT2D eigenvalue weighted by Gasteiger charge is 2.46. The molecule has 6 nitrogen and oxygen atoms in total. The summed E-state index contributed by atoms with van der Waals surface area (Å²) in [6.07, 6.45) is -0.300. The second-order valence-electron chi connectivity index (χ2n) is 8.81. The molecule has 166 valence electrons. The number of hydrogen-bond acceptors (Lipinski definition) is 5. The second-order valence-corrected chi connectivity index (χ2v) is 9.69. The number of aliphatic hydroxyl groups excluding tert-OH is 1. The highest BCUT2D eigenvalue weighted by atomic mass is 127. The van der Waals surface area contributed by atoms with Gasteiger partial charge in [0, 0.05) is 16.3 Å². The summed E-state index contributed by atoms with van der Waals surface area (Å²) in [6, 6.07) is 9.15. The molecule has 1 fully saturated rings. The number of carbonyl (C=O) groups is 3. The summed E-state index contributed by atoms with van der Waals surface area (Å²) in [7, 11) is 0. The summed E-state index contributed by atoms with van der Waals surface area (Å²) in [5.74, 6) is -1.07. The lowest BCUT2D eigenvalue weighted by atomic mass is 9.74. The molecular weight excluding hydrogens is 497 g/mol. The molecule has 1 aliphatic rings. The molecule has 0 aromatic heterocycles. The normalized spacial score (nSPS) is 19.9. The number of ketones is 1. The summed E-state index contributed by atoms with van der Waals surface area (Å²) >= 11 is 2.29. The lowest BCUT2D eigenvalue weighted by Crippen LogP contribution is -2.50. The van der Waals surface area contributed by atoms with Crippen molar-refractivity contribution in [2.75, 3.05) is 11.0 Å². The van der Waals surface area contributed by atoms with Crippen LogP contribution in [0.3, 0.4) is 0 Å². The Morgan fingerprint density at radius 2 is 1.90 bits per heavy atom. The fraction of sp³-hybridized carbons (Fsp3) is 0.609. The summed E-state index contributed by atoms with van der Waals surface area (Å²) < 4.78 is 6.09. The van der Waals surface area contributed by atoms with E-state index in [4.69, 9.17) is 4.74 Å². The average molecular weight is 529 g/mol. The minimum atomic E-state index is -1.20. The van der Waals surface area contributed by atoms with Crippen LogP contribution in [0.5, 0.6) is 0 Å². The van der Waals surface area contributed by atoms with Crippen LogP contribution in [0.15, 0.2) is 30.3 Å². The van der Waals surface area contributed by atoms with Crippen molar-refractivity contribution in [3.05, 3.63) is 35.9 Å². The third-order valence-electron chi connectivity index (χ3n) is 5.96. The third kappa shape index (κ3) is 5.81. The van der Waals surface area contributed by atoms with Crippen molar-refractivity contribution in [2.45, 2.75) is 59.1 Å². The van der Waals surface area contributed by atoms with Crippen molar-refractivity contribution < 1.29 is 24.2 Å². The molecule has 4 atom stereocenters. The first-order valence-corrected chi connectivity index (χ1v) is 11.9. The molecular formula is C23H32INO5. The van der Waals surface area contributed by atoms with Crippen LogP contribution in [0.25, 0.3) is 0 Å². The fourth-order valence-electron chi connectivity index (χ4n) is 3.69. The van der Waals surface area contributed by atoms with Crippen molar-refractivity contribution in [2.24, 2.45) is 17.3 Å². The van der Waals surface area contributed by atoms with Crippen molar-refractivity contribution in [3.8, 4) is 0 Å². The van der Waals surface area contributed by atoms with Crippen LogP contribution in [-0.4, -0.2) is 51.0 Å². The van der Waals surface area contributed by atoms with Gasteiger partial charge in [0.25, 0.3) is 0 Å². The molecule has 0 aliphatic carbocycles. The van der Waals surface area contributed by atoms with Gasteiger partial charge in [0.15, 0.2) is 0 Å². The van der Waals surface area contributed by atoms with E-state index < -0.39 is 35.5 Å². The number of ether oxygens (including phenoxy) is 1. The lowest BCUT2D eigenvalue weighted by Gasteiger charge is -2.34. The quantitative estimate of drug-likeness (QED) is 0.366. The Kier molecular flexibility index (Phi) is 8.85. The number of hydrogen-bond donors (Lipinski definition) is 1. The smallest absolute Gasteiger partial charge is 0.416 e. The minimum absolute atomic E-state index is 0.0730. The van der Waals surface area contributed by atoms with E-state index in [2.05, 4.69) is 29.5 Å². The zero-order chi connectivity index (χ0) is 22.5. The molecule has 7 heteroatoms. The number of amides is 2. The zero-order valence-corrected chi connectivity index (χ0v) is 20.3. The Bertz CT molecular complexity index is 751. The number of Topliss-reactive ketones (excluding diaryl/α,β-unsaturated/α-hetero) is 1. The highest BCUT2D eigenvalue weighted by molar-refractivity contribution is 14.1. The minimum Gasteiger partial charge on any atom is -0.447 e. The molecule has 1 N–H and O–H groups in total. The second kappa shape index (κ2) is 10.7. The van der Waals surface area contributed by atoms with E-state index in [1.807, 2.05) is 30.3 Å². The van der Waals surface area contributed by atoms with Crippen LogP contribution in [-0.2, 0) is 20.7 Å². The zero-order valence-electron chi connectivity index (χ0n) is 18.1. The summed E-state index contributed by atoms with van der Waals surface area (Å²) in [4.78, 5) is 39.3. The van der Waals surface area contributed by atoms with Crippen LogP contribution < -0.4 is 0 Å². The number of imide groups is 1. The number of halogens is 1. The highest BCUT2D eigenvalue weighted by Crippen LogP contribution is 2.32. The van der Waals surface area contributed by atoms with Crippen molar-refractivity contribution >= 4 is 40.4 Å². The van der Waals surface area contributed by atoms with E-state index >= 15 is 0 Å². The number of rotatable bonds is 10. The largest absolute Gasteiger partial charge is 0.447 e. The average Bonchev–Trinajstić information content (AvgIpc) is 3.10. The Morgan fingerprint density at radius 3 is 2.50 bits per heavy atom. The van der Waals surface area contributed by atoms with Gasteiger partial charge in [-0.2, -0.15) is 0 Å². The van der Waals surface area contributed by atoms with Gasteiger partial charge in [0.05, 0.1) is 18.1 Å². The number of alkyl halides is 1. The van der Waals surface area contributed by atoms with Crippen LogP contribution in [0.2, 0.25) is 0 Å². The van der Waals surface area contributed by atoms with Crippen LogP contribution in [0.1, 0.15) is 46.1 Å². The molecule has 30 heavy (non-hydrogen) atoms. The van der Waals surface area contributed by atoms with Gasteiger partial charge in [-0.1, -0.05) is 80.6 Å². The van der Waals surface area contributed by atoms with E-state index in [-0.39, 0.29) is 12.4 Å². The van der Waals surface area contributed by atoms with Crippen molar-refractivity contribution in [1.29, 1.82) is 0 Å². The topological polar surface area (TPSA) is 83.9 Å². The van der Waals surface area contributed by atoms with Gasteiger partial charge < -0.3 is 9.84 Å². The predicted octanol–water partition coefficient (Wildman–Crippen LogP) is 4.02. The van der Waals surface area contributed by atoms with Gasteiger partial charge >= 0.3 is 6.09 Å². The monoisotopic (exact) mass is 529 g/mol. The van der Waals surface area contributed by atoms with E-state index in [1.165, 1.54) is 0 Å². The van der Waals surface area contributed by atoms with Gasteiger partial charge in [0.2, 0.25) is 5.91 Å². The Balaban J connectivity index is 2.09. The van der Waals surface area contributed by atoms with Crippen LogP contribution >= 0.6 is 22.6 Å². The molecule has 1 aromatic rings. The van der Waals surface area contributed by atoms with Gasteiger partial charge in [-0.3, -0.25) is 9.59 Å². The number of nitrogens with zero attached hydrogens (tertiary/aromatic N) is 1. The number of benzene rings is 1. The van der Waals surface area contributed by atoms with E-state index in [0.717, 1.165) is 21.3 Å². The number of cyclic esters (lactones) is 1. The summed E-state index contributed by atoms with van der Waals surface area (Å²) in [5, 5.41) is 10.9. The maximum Gasteiger partial charge on any atom is 0.416 e. The molecule has 0 unspecified atom stereocenters. The first-order chi connectivity index (χ1) is 14.1.